The van der Waals surface area contributed by atoms with E-state index >= 15 is 0 Å². The molecule has 0 heterocycles. The maximum atomic E-state index is 11.2. The van der Waals surface area contributed by atoms with Gasteiger partial charge in [-0.1, -0.05) is 55.8 Å². The molecule has 0 saturated carbocycles. The average molecular weight is 344 g/mol. The highest BCUT2D eigenvalue weighted by Gasteiger charge is 2.26. The number of carboxylic acids is 3. The summed E-state index contributed by atoms with van der Waals surface area (Å²) in [6.07, 6.45) is 1.92. The summed E-state index contributed by atoms with van der Waals surface area (Å²) in [5, 5.41) is 27.1. The summed E-state index contributed by atoms with van der Waals surface area (Å²) >= 11 is 0. The molecule has 3 N–H and O–H groups in total. The zero-order valence-corrected chi connectivity index (χ0v) is 13.8. The van der Waals surface area contributed by atoms with Crippen molar-refractivity contribution in [3.05, 3.63) is 70.8 Å². The fraction of sp³-hybridized carbons (Fsp3) is 0.211. The number of aryl methyl sites for hydroxylation is 1. The first-order valence-electron chi connectivity index (χ1n) is 7.75. The van der Waals surface area contributed by atoms with Gasteiger partial charge in [-0.15, -0.1) is 0 Å². The molecule has 0 radical (unpaired) electrons. The van der Waals surface area contributed by atoms with Crippen LogP contribution >= 0.6 is 0 Å². The lowest BCUT2D eigenvalue weighted by molar-refractivity contribution is 0.0632. The molecule has 25 heavy (non-hydrogen) atoms. The van der Waals surface area contributed by atoms with Gasteiger partial charge in [-0.2, -0.15) is 0 Å². The monoisotopic (exact) mass is 344 g/mol. The third-order valence-electron chi connectivity index (χ3n) is 3.42. The largest absolute Gasteiger partial charge is 0.478 e. The van der Waals surface area contributed by atoms with E-state index in [9.17, 15) is 14.4 Å². The zero-order valence-electron chi connectivity index (χ0n) is 13.8. The smallest absolute Gasteiger partial charge is 0.337 e. The predicted molar refractivity (Wildman–Crippen MR) is 92.4 cm³/mol. The Morgan fingerprint density at radius 3 is 1.60 bits per heavy atom. The van der Waals surface area contributed by atoms with E-state index in [1.54, 1.807) is 0 Å². The molecule has 2 aromatic carbocycles. The Labute approximate surface area is 145 Å². The summed E-state index contributed by atoms with van der Waals surface area (Å²) < 4.78 is 0. The number of unbranched alkanes of at least 4 members (excludes halogenated alkanes) is 1. The molecule has 0 aliphatic carbocycles. The van der Waals surface area contributed by atoms with E-state index in [1.165, 1.54) is 6.07 Å². The minimum Gasteiger partial charge on any atom is -0.478 e. The van der Waals surface area contributed by atoms with Crippen molar-refractivity contribution in [2.45, 2.75) is 26.2 Å². The van der Waals surface area contributed by atoms with Crippen LogP contribution in [0.5, 0.6) is 0 Å². The van der Waals surface area contributed by atoms with Gasteiger partial charge in [0.15, 0.2) is 0 Å². The van der Waals surface area contributed by atoms with Crippen LogP contribution in [-0.4, -0.2) is 33.2 Å². The van der Waals surface area contributed by atoms with Gasteiger partial charge in [-0.3, -0.25) is 0 Å². The Bertz CT molecular complexity index is 710. The van der Waals surface area contributed by atoms with E-state index in [-0.39, 0.29) is 0 Å². The van der Waals surface area contributed by atoms with Crippen molar-refractivity contribution in [3.8, 4) is 0 Å². The molecule has 0 aromatic heterocycles. The molecule has 132 valence electrons. The molecule has 0 fully saturated rings. The first kappa shape index (κ1) is 19.9. The molecule has 0 atom stereocenters. The van der Waals surface area contributed by atoms with Crippen LogP contribution in [0, 0.1) is 0 Å². The normalized spacial score (nSPS) is 9.64. The summed E-state index contributed by atoms with van der Waals surface area (Å²) in [4.78, 5) is 33.3. The van der Waals surface area contributed by atoms with Crippen molar-refractivity contribution in [1.82, 2.24) is 0 Å². The quantitative estimate of drug-likeness (QED) is 0.734. The lowest BCUT2D eigenvalue weighted by atomic mass is 9.93. The molecule has 6 heteroatoms. The lowest BCUT2D eigenvalue weighted by Gasteiger charge is -2.11. The van der Waals surface area contributed by atoms with Gasteiger partial charge in [0.1, 0.15) is 0 Å². The van der Waals surface area contributed by atoms with Gasteiger partial charge in [-0.25, -0.2) is 14.4 Å². The van der Waals surface area contributed by atoms with Crippen LogP contribution in [0.2, 0.25) is 0 Å². The SMILES string of the molecule is CCCCc1ccc(C(=O)O)c(C(=O)O)c1C(=O)O.c1ccccc1. The topological polar surface area (TPSA) is 112 Å². The molecule has 0 saturated heterocycles. The molecule has 2 aromatic rings. The number of carbonyl (C=O) groups is 3. The lowest BCUT2D eigenvalue weighted by Crippen LogP contribution is -2.17. The van der Waals surface area contributed by atoms with Crippen LogP contribution in [0.1, 0.15) is 56.4 Å². The Morgan fingerprint density at radius 1 is 0.760 bits per heavy atom. The van der Waals surface area contributed by atoms with Crippen molar-refractivity contribution in [3.63, 3.8) is 0 Å². The van der Waals surface area contributed by atoms with Crippen molar-refractivity contribution in [2.75, 3.05) is 0 Å². The summed E-state index contributed by atoms with van der Waals surface area (Å²) in [7, 11) is 0. The third kappa shape index (κ3) is 5.76. The second-order valence-corrected chi connectivity index (χ2v) is 5.20. The number of carboxylic acid groups (broad SMARTS) is 3. The number of hydrogen-bond acceptors (Lipinski definition) is 3. The Kier molecular flexibility index (Phi) is 7.86. The van der Waals surface area contributed by atoms with Gasteiger partial charge in [0.25, 0.3) is 0 Å². The van der Waals surface area contributed by atoms with E-state index < -0.39 is 34.6 Å². The van der Waals surface area contributed by atoms with Crippen LogP contribution in [0.4, 0.5) is 0 Å². The Morgan fingerprint density at radius 2 is 1.24 bits per heavy atom. The molecule has 0 spiro atoms. The van der Waals surface area contributed by atoms with Gasteiger partial charge in [0.05, 0.1) is 16.7 Å². The minimum absolute atomic E-state index is 0.344. The molecule has 0 bridgehead atoms. The summed E-state index contributed by atoms with van der Waals surface area (Å²) in [6.45, 7) is 1.92. The molecular formula is C19H20O6. The summed E-state index contributed by atoms with van der Waals surface area (Å²) in [5.74, 6) is -4.43. The van der Waals surface area contributed by atoms with Crippen molar-refractivity contribution < 1.29 is 29.7 Å². The summed E-state index contributed by atoms with van der Waals surface area (Å²) in [6, 6.07) is 14.5. The first-order valence-corrected chi connectivity index (χ1v) is 7.75. The van der Waals surface area contributed by atoms with Crippen molar-refractivity contribution in [2.24, 2.45) is 0 Å². The Balaban J connectivity index is 0.000000435. The second kappa shape index (κ2) is 9.87. The molecule has 0 aliphatic rings. The van der Waals surface area contributed by atoms with Gasteiger partial charge >= 0.3 is 17.9 Å². The molecule has 0 aliphatic heterocycles. The van der Waals surface area contributed by atoms with E-state index in [2.05, 4.69) is 0 Å². The van der Waals surface area contributed by atoms with Gasteiger partial charge in [0, 0.05) is 0 Å². The molecule has 0 unspecified atom stereocenters. The summed E-state index contributed by atoms with van der Waals surface area (Å²) in [5.41, 5.74) is -1.25. The van der Waals surface area contributed by atoms with Crippen molar-refractivity contribution >= 4 is 17.9 Å². The average Bonchev–Trinajstić information content (AvgIpc) is 2.60. The van der Waals surface area contributed by atoms with E-state index in [0.717, 1.165) is 12.5 Å². The highest BCUT2D eigenvalue weighted by atomic mass is 16.4. The van der Waals surface area contributed by atoms with Crippen LogP contribution in [0.25, 0.3) is 0 Å². The van der Waals surface area contributed by atoms with Gasteiger partial charge in [0.2, 0.25) is 0 Å². The molecule has 0 amide bonds. The standard InChI is InChI=1S/C13H14O6.C6H6/c1-2-3-4-7-5-6-8(11(14)15)10(13(18)19)9(7)12(16)17;1-2-4-6-5-3-1/h5-6H,2-4H2,1H3,(H,14,15)(H,16,17)(H,18,19);1-6H. The van der Waals surface area contributed by atoms with Crippen LogP contribution in [-0.2, 0) is 6.42 Å². The Hall–Kier alpha value is -3.15. The van der Waals surface area contributed by atoms with Crippen molar-refractivity contribution in [1.29, 1.82) is 0 Å². The zero-order chi connectivity index (χ0) is 18.8. The third-order valence-corrected chi connectivity index (χ3v) is 3.42. The highest BCUT2D eigenvalue weighted by molar-refractivity contribution is 6.09. The predicted octanol–water partition coefficient (Wildman–Crippen LogP) is 3.81. The fourth-order valence-corrected chi connectivity index (χ4v) is 2.25. The van der Waals surface area contributed by atoms with Crippen LogP contribution in [0.15, 0.2) is 48.5 Å². The van der Waals surface area contributed by atoms with E-state index in [4.69, 9.17) is 15.3 Å². The fourth-order valence-electron chi connectivity index (χ4n) is 2.25. The maximum Gasteiger partial charge on any atom is 0.337 e. The van der Waals surface area contributed by atoms with E-state index in [1.807, 2.05) is 43.3 Å². The first-order chi connectivity index (χ1) is 11.9. The minimum atomic E-state index is -1.55. The second-order valence-electron chi connectivity index (χ2n) is 5.20. The van der Waals surface area contributed by atoms with Crippen LogP contribution < -0.4 is 0 Å². The number of aromatic carboxylic acids is 3. The number of hydrogen-bond donors (Lipinski definition) is 3. The van der Waals surface area contributed by atoms with Crippen LogP contribution in [0.3, 0.4) is 0 Å². The number of rotatable bonds is 6. The van der Waals surface area contributed by atoms with Gasteiger partial charge < -0.3 is 15.3 Å². The number of benzene rings is 2. The highest BCUT2D eigenvalue weighted by Crippen LogP contribution is 2.22. The van der Waals surface area contributed by atoms with E-state index in [0.29, 0.717) is 18.4 Å². The van der Waals surface area contributed by atoms with Gasteiger partial charge in [-0.05, 0) is 24.5 Å². The molecular weight excluding hydrogens is 324 g/mol. The molecule has 6 nitrogen and oxygen atoms in total. The molecule has 2 rings (SSSR count). The maximum absolute atomic E-state index is 11.2.